The van der Waals surface area contributed by atoms with E-state index in [1.54, 1.807) is 32.0 Å². The lowest BCUT2D eigenvalue weighted by Gasteiger charge is -2.32. The van der Waals surface area contributed by atoms with Gasteiger partial charge in [-0.1, -0.05) is 18.2 Å². The molecule has 1 aromatic carbocycles. The monoisotopic (exact) mass is 528 g/mol. The molecule has 1 unspecified atom stereocenters. The molecule has 36 heavy (non-hydrogen) atoms. The minimum Gasteiger partial charge on any atom is -0.462 e. The maximum absolute atomic E-state index is 15.5. The fourth-order valence-electron chi connectivity index (χ4n) is 3.61. The Morgan fingerprint density at radius 2 is 1.97 bits per heavy atom. The number of hydrogen-bond donors (Lipinski definition) is 2. The zero-order valence-electron chi connectivity index (χ0n) is 20.3. The number of esters is 1. The van der Waals surface area contributed by atoms with Gasteiger partial charge in [0.1, 0.15) is 24.0 Å². The number of benzene rings is 1. The van der Waals surface area contributed by atoms with Crippen LogP contribution in [0.5, 0.6) is 5.75 Å². The van der Waals surface area contributed by atoms with Crippen molar-refractivity contribution >= 4 is 25.4 Å². The van der Waals surface area contributed by atoms with Gasteiger partial charge in [-0.05, 0) is 45.9 Å². The fourth-order valence-corrected chi connectivity index (χ4v) is 5.11. The molecule has 2 heterocycles. The highest BCUT2D eigenvalue weighted by atomic mass is 31.2. The third-order valence-corrected chi connectivity index (χ3v) is 7.08. The van der Waals surface area contributed by atoms with Crippen LogP contribution in [0, 0.1) is 0 Å². The van der Waals surface area contributed by atoms with Gasteiger partial charge in [-0.2, -0.15) is 5.09 Å². The number of ketones is 1. The van der Waals surface area contributed by atoms with E-state index in [1.165, 1.54) is 19.1 Å². The molecule has 0 aliphatic carbocycles. The Balaban J connectivity index is 1.76. The first kappa shape index (κ1) is 27.9. The summed E-state index contributed by atoms with van der Waals surface area (Å²) in [6, 6.07) is 6.90. The van der Waals surface area contributed by atoms with E-state index in [0.29, 0.717) is 0 Å². The number of carbonyl (C=O) groups excluding carboxylic acids is 3. The number of alkyl halides is 1. The number of aliphatic hydroxyl groups excluding tert-OH is 1. The molecule has 11 nitrogen and oxygen atoms in total. The van der Waals surface area contributed by atoms with E-state index in [4.69, 9.17) is 18.5 Å². The number of carbonyl (C=O) groups is 3. The van der Waals surface area contributed by atoms with Crippen LogP contribution in [0.3, 0.4) is 0 Å². The molecule has 198 valence electrons. The Morgan fingerprint density at radius 1 is 1.31 bits per heavy atom. The molecule has 1 saturated heterocycles. The maximum atomic E-state index is 15.5. The third-order valence-electron chi connectivity index (χ3n) is 5.44. The van der Waals surface area contributed by atoms with E-state index in [2.05, 4.69) is 5.09 Å². The minimum absolute atomic E-state index is 0.160. The molecule has 3 rings (SSSR count). The molecule has 2 aliphatic heterocycles. The van der Waals surface area contributed by atoms with Crippen molar-refractivity contribution in [2.45, 2.75) is 70.4 Å². The van der Waals surface area contributed by atoms with E-state index >= 15 is 4.39 Å². The fraction of sp³-hybridized carbons (Fsp3) is 0.522. The molecule has 0 saturated carbocycles. The molecule has 13 heteroatoms. The van der Waals surface area contributed by atoms with Crippen LogP contribution in [-0.4, -0.2) is 70.5 Å². The highest BCUT2D eigenvalue weighted by Gasteiger charge is 2.57. The lowest BCUT2D eigenvalue weighted by atomic mass is 9.97. The number of hydrogen-bond acceptors (Lipinski definition) is 9. The van der Waals surface area contributed by atoms with E-state index < -0.39 is 74.7 Å². The molecular formula is C23H30FN2O9P. The van der Waals surface area contributed by atoms with Crippen LogP contribution in [-0.2, 0) is 32.9 Å². The second kappa shape index (κ2) is 11.2. The molecule has 2 N–H and O–H groups in total. The lowest BCUT2D eigenvalue weighted by Crippen LogP contribution is -2.51. The van der Waals surface area contributed by atoms with Gasteiger partial charge in [0.15, 0.2) is 17.7 Å². The quantitative estimate of drug-likeness (QED) is 0.264. The predicted octanol–water partition coefficient (Wildman–Crippen LogP) is 2.25. The first-order valence-corrected chi connectivity index (χ1v) is 12.9. The van der Waals surface area contributed by atoms with Gasteiger partial charge in [0.25, 0.3) is 0 Å². The molecule has 1 amide bonds. The summed E-state index contributed by atoms with van der Waals surface area (Å²) in [6.45, 7) is 5.14. The minimum atomic E-state index is -4.29. The largest absolute Gasteiger partial charge is 0.462 e. The smallest absolute Gasteiger partial charge is 0.459 e. The van der Waals surface area contributed by atoms with Crippen LogP contribution in [0.4, 0.5) is 4.39 Å². The number of aliphatic hydroxyl groups is 1. The zero-order chi connectivity index (χ0) is 26.7. The second-order valence-electron chi connectivity index (χ2n) is 8.92. The molecule has 0 aromatic heterocycles. The molecule has 0 bridgehead atoms. The summed E-state index contributed by atoms with van der Waals surface area (Å²) >= 11 is 0. The molecule has 6 atom stereocenters. The molecule has 1 fully saturated rings. The van der Waals surface area contributed by atoms with E-state index in [-0.39, 0.29) is 5.75 Å². The number of para-hydroxylation sites is 1. The topological polar surface area (TPSA) is 141 Å². The SMILES string of the molecule is CC(C)OC(=O)[C@H](C)N[P@@](=O)(OCC1O[C@@H](N2C=CC(=O)CC2=O)[C@](C)(F)[C@@H]1O)Oc1ccccc1. The van der Waals surface area contributed by atoms with Gasteiger partial charge in [0, 0.05) is 6.20 Å². The van der Waals surface area contributed by atoms with Crippen molar-refractivity contribution in [3.05, 3.63) is 42.6 Å². The van der Waals surface area contributed by atoms with Crippen LogP contribution in [0.1, 0.15) is 34.1 Å². The molecule has 0 spiro atoms. The number of nitrogens with one attached hydrogen (secondary N) is 1. The predicted molar refractivity (Wildman–Crippen MR) is 124 cm³/mol. The van der Waals surface area contributed by atoms with Crippen molar-refractivity contribution in [2.75, 3.05) is 6.61 Å². The summed E-state index contributed by atoms with van der Waals surface area (Å²) in [6.07, 6.45) is -3.37. The van der Waals surface area contributed by atoms with Gasteiger partial charge >= 0.3 is 13.7 Å². The Hall–Kier alpha value is -2.63. The molecule has 1 aromatic rings. The number of ether oxygens (including phenoxy) is 2. The van der Waals surface area contributed by atoms with Crippen molar-refractivity contribution in [1.29, 1.82) is 0 Å². The Kier molecular flexibility index (Phi) is 8.68. The number of allylic oxidation sites excluding steroid dienone is 1. The summed E-state index contributed by atoms with van der Waals surface area (Å²) in [5.41, 5.74) is -2.44. The summed E-state index contributed by atoms with van der Waals surface area (Å²) < 4.78 is 50.7. The van der Waals surface area contributed by atoms with Crippen molar-refractivity contribution < 1.29 is 47.0 Å². The number of nitrogens with zero attached hydrogens (tertiary/aromatic N) is 1. The second-order valence-corrected chi connectivity index (χ2v) is 10.6. The Bertz CT molecular complexity index is 1050. The van der Waals surface area contributed by atoms with Crippen LogP contribution in [0.15, 0.2) is 42.6 Å². The van der Waals surface area contributed by atoms with Crippen molar-refractivity contribution in [1.82, 2.24) is 9.99 Å². The van der Waals surface area contributed by atoms with E-state index in [9.17, 15) is 24.1 Å². The summed E-state index contributed by atoms with van der Waals surface area (Å²) in [4.78, 5) is 36.9. The van der Waals surface area contributed by atoms with Crippen LogP contribution < -0.4 is 9.61 Å². The zero-order valence-corrected chi connectivity index (χ0v) is 21.2. The standard InChI is InChI=1S/C23H30FN2O9P/c1-14(2)33-21(30)15(3)25-36(31,35-17-8-6-5-7-9-17)32-13-18-20(29)23(4,24)22(34-18)26-11-10-16(27)12-19(26)28/h5-11,14-15,18,20,22,29H,12-13H2,1-4H3,(H,25,31)/t15-,18?,20+,22+,23+,36+/m0/s1. The van der Waals surface area contributed by atoms with Crippen molar-refractivity contribution in [3.8, 4) is 5.75 Å². The summed E-state index contributed by atoms with van der Waals surface area (Å²) in [5, 5.41) is 13.1. The van der Waals surface area contributed by atoms with Crippen LogP contribution in [0.25, 0.3) is 0 Å². The summed E-state index contributed by atoms with van der Waals surface area (Å²) in [5.74, 6) is -1.68. The lowest BCUT2D eigenvalue weighted by molar-refractivity contribution is -0.150. The van der Waals surface area contributed by atoms with E-state index in [0.717, 1.165) is 24.1 Å². The number of amides is 1. The average Bonchev–Trinajstić information content (AvgIpc) is 3.01. The summed E-state index contributed by atoms with van der Waals surface area (Å²) in [7, 11) is -4.29. The van der Waals surface area contributed by atoms with Crippen molar-refractivity contribution in [3.63, 3.8) is 0 Å². The molecule has 2 aliphatic rings. The molecule has 0 radical (unpaired) electrons. The van der Waals surface area contributed by atoms with Gasteiger partial charge in [0.05, 0.1) is 19.1 Å². The van der Waals surface area contributed by atoms with Gasteiger partial charge in [-0.15, -0.1) is 0 Å². The highest BCUT2D eigenvalue weighted by molar-refractivity contribution is 7.52. The normalized spacial score (nSPS) is 28.8. The first-order valence-electron chi connectivity index (χ1n) is 11.3. The van der Waals surface area contributed by atoms with Gasteiger partial charge < -0.3 is 19.1 Å². The van der Waals surface area contributed by atoms with Crippen LogP contribution >= 0.6 is 7.75 Å². The third kappa shape index (κ3) is 6.57. The van der Waals surface area contributed by atoms with Gasteiger partial charge in [0.2, 0.25) is 5.91 Å². The first-order chi connectivity index (χ1) is 16.8. The maximum Gasteiger partial charge on any atom is 0.459 e. The van der Waals surface area contributed by atoms with Crippen LogP contribution in [0.2, 0.25) is 0 Å². The number of rotatable bonds is 10. The van der Waals surface area contributed by atoms with Gasteiger partial charge in [-0.25, -0.2) is 8.96 Å². The van der Waals surface area contributed by atoms with E-state index in [1.807, 2.05) is 0 Å². The highest BCUT2D eigenvalue weighted by Crippen LogP contribution is 2.46. The Morgan fingerprint density at radius 3 is 2.58 bits per heavy atom. The number of halogens is 1. The molecular weight excluding hydrogens is 498 g/mol. The average molecular weight is 528 g/mol. The van der Waals surface area contributed by atoms with Gasteiger partial charge in [-0.3, -0.25) is 23.8 Å². The van der Waals surface area contributed by atoms with Crippen molar-refractivity contribution in [2.24, 2.45) is 0 Å². The Labute approximate surface area is 208 Å².